The van der Waals surface area contributed by atoms with Crippen LogP contribution in [0.15, 0.2) is 6.20 Å². The molecular weight excluding hydrogens is 238 g/mol. The number of aromatic nitrogens is 3. The molecule has 0 saturated heterocycles. The van der Waals surface area contributed by atoms with Gasteiger partial charge < -0.3 is 10.2 Å². The lowest BCUT2D eigenvalue weighted by atomic mass is 10.3. The third-order valence-electron chi connectivity index (χ3n) is 4.27. The molecule has 3 rings (SSSR count). The van der Waals surface area contributed by atoms with Crippen molar-refractivity contribution in [1.29, 1.82) is 0 Å². The Morgan fingerprint density at radius 1 is 1.47 bits per heavy atom. The van der Waals surface area contributed by atoms with E-state index in [4.69, 9.17) is 0 Å². The number of rotatable bonds is 8. The van der Waals surface area contributed by atoms with Crippen LogP contribution in [0.4, 0.5) is 0 Å². The summed E-state index contributed by atoms with van der Waals surface area (Å²) in [6, 6.07) is 0.733. The Kier molecular flexibility index (Phi) is 3.84. The zero-order valence-corrected chi connectivity index (χ0v) is 12.0. The first-order chi connectivity index (χ1) is 9.20. The predicted octanol–water partition coefficient (Wildman–Crippen LogP) is 1.12. The van der Waals surface area contributed by atoms with E-state index in [1.165, 1.54) is 25.8 Å². The minimum atomic E-state index is 0.733. The molecule has 0 aliphatic heterocycles. The fraction of sp³-hybridized carbons (Fsp3) is 0.857. The van der Waals surface area contributed by atoms with Crippen LogP contribution in [0.5, 0.6) is 0 Å². The van der Waals surface area contributed by atoms with Gasteiger partial charge in [-0.05, 0) is 38.1 Å². The second kappa shape index (κ2) is 5.59. The third kappa shape index (κ3) is 4.01. The van der Waals surface area contributed by atoms with Gasteiger partial charge in [-0.1, -0.05) is 12.1 Å². The maximum absolute atomic E-state index is 4.21. The number of nitrogens with one attached hydrogen (secondary N) is 1. The molecule has 106 valence electrons. The Morgan fingerprint density at radius 3 is 2.95 bits per heavy atom. The summed E-state index contributed by atoms with van der Waals surface area (Å²) in [6.07, 6.45) is 6.12. The molecule has 0 radical (unpaired) electrons. The first-order valence-electron chi connectivity index (χ1n) is 7.51. The molecule has 0 aromatic carbocycles. The van der Waals surface area contributed by atoms with E-state index in [2.05, 4.69) is 40.7 Å². The Labute approximate surface area is 115 Å². The molecule has 1 N–H and O–H groups in total. The highest BCUT2D eigenvalue weighted by molar-refractivity contribution is 4.94. The van der Waals surface area contributed by atoms with Crippen molar-refractivity contribution < 1.29 is 0 Å². The summed E-state index contributed by atoms with van der Waals surface area (Å²) < 4.78 is 1.97. The maximum Gasteiger partial charge on any atom is 0.0964 e. The molecule has 0 bridgehead atoms. The van der Waals surface area contributed by atoms with Gasteiger partial charge in [-0.25, -0.2) is 0 Å². The minimum absolute atomic E-state index is 0.733. The van der Waals surface area contributed by atoms with Gasteiger partial charge >= 0.3 is 0 Å². The van der Waals surface area contributed by atoms with Gasteiger partial charge in [-0.15, -0.1) is 5.10 Å². The van der Waals surface area contributed by atoms with Gasteiger partial charge in [0.2, 0.25) is 0 Å². The van der Waals surface area contributed by atoms with E-state index in [0.717, 1.165) is 43.2 Å². The Morgan fingerprint density at radius 2 is 2.26 bits per heavy atom. The van der Waals surface area contributed by atoms with Crippen LogP contribution in [0.25, 0.3) is 0 Å². The average molecular weight is 263 g/mol. The molecule has 2 aliphatic rings. The SMILES string of the molecule is CC1CC1CN(C)CCn1cc(CNC2CC2)nn1. The molecule has 1 heterocycles. The molecule has 1 aromatic heterocycles. The van der Waals surface area contributed by atoms with Gasteiger partial charge in [-0.2, -0.15) is 0 Å². The number of hydrogen-bond donors (Lipinski definition) is 1. The molecule has 2 aliphatic carbocycles. The van der Waals surface area contributed by atoms with Crippen molar-refractivity contribution in [3.05, 3.63) is 11.9 Å². The van der Waals surface area contributed by atoms with Crippen LogP contribution in [-0.2, 0) is 13.1 Å². The fourth-order valence-electron chi connectivity index (χ4n) is 2.48. The van der Waals surface area contributed by atoms with Gasteiger partial charge in [-0.3, -0.25) is 4.68 Å². The summed E-state index contributed by atoms with van der Waals surface area (Å²) in [5.41, 5.74) is 1.06. The fourth-order valence-corrected chi connectivity index (χ4v) is 2.48. The number of hydrogen-bond acceptors (Lipinski definition) is 4. The summed E-state index contributed by atoms with van der Waals surface area (Å²) in [7, 11) is 2.21. The summed E-state index contributed by atoms with van der Waals surface area (Å²) in [5, 5.41) is 11.9. The largest absolute Gasteiger partial charge is 0.308 e. The monoisotopic (exact) mass is 263 g/mol. The maximum atomic E-state index is 4.21. The molecule has 0 spiro atoms. The lowest BCUT2D eigenvalue weighted by Gasteiger charge is -2.15. The molecule has 5 heteroatoms. The lowest BCUT2D eigenvalue weighted by Crippen LogP contribution is -2.26. The van der Waals surface area contributed by atoms with E-state index in [1.807, 2.05) is 4.68 Å². The van der Waals surface area contributed by atoms with Gasteiger partial charge in [0.25, 0.3) is 0 Å². The molecular formula is C14H25N5. The van der Waals surface area contributed by atoms with Crippen LogP contribution in [-0.4, -0.2) is 46.1 Å². The highest BCUT2D eigenvalue weighted by atomic mass is 15.4. The van der Waals surface area contributed by atoms with E-state index >= 15 is 0 Å². The van der Waals surface area contributed by atoms with Crippen molar-refractivity contribution in [2.45, 2.75) is 45.3 Å². The van der Waals surface area contributed by atoms with Gasteiger partial charge in [0.1, 0.15) is 0 Å². The van der Waals surface area contributed by atoms with E-state index in [1.54, 1.807) is 0 Å². The van der Waals surface area contributed by atoms with Gasteiger partial charge in [0, 0.05) is 31.9 Å². The van der Waals surface area contributed by atoms with Crippen LogP contribution in [0, 0.1) is 11.8 Å². The zero-order valence-electron chi connectivity index (χ0n) is 12.0. The van der Waals surface area contributed by atoms with Crippen LogP contribution in [0.2, 0.25) is 0 Å². The van der Waals surface area contributed by atoms with E-state index in [-0.39, 0.29) is 0 Å². The standard InChI is InChI=1S/C14H25N5/c1-11-7-12(11)9-18(2)5-6-19-10-14(16-17-19)8-15-13-3-4-13/h10-13,15H,3-9H2,1-2H3. The first-order valence-corrected chi connectivity index (χ1v) is 7.51. The molecule has 0 amide bonds. The average Bonchev–Trinajstić information content (AvgIpc) is 3.28. The summed E-state index contributed by atoms with van der Waals surface area (Å²) in [6.45, 7) is 6.43. The van der Waals surface area contributed by atoms with Crippen molar-refractivity contribution >= 4 is 0 Å². The van der Waals surface area contributed by atoms with E-state index < -0.39 is 0 Å². The molecule has 19 heavy (non-hydrogen) atoms. The van der Waals surface area contributed by atoms with Crippen molar-refractivity contribution in [2.24, 2.45) is 11.8 Å². The van der Waals surface area contributed by atoms with Crippen molar-refractivity contribution in [3.63, 3.8) is 0 Å². The smallest absolute Gasteiger partial charge is 0.0964 e. The van der Waals surface area contributed by atoms with Crippen molar-refractivity contribution in [1.82, 2.24) is 25.2 Å². The van der Waals surface area contributed by atoms with Crippen LogP contribution >= 0.6 is 0 Å². The first kappa shape index (κ1) is 13.1. The van der Waals surface area contributed by atoms with E-state index in [0.29, 0.717) is 0 Å². The Hall–Kier alpha value is -0.940. The molecule has 2 unspecified atom stereocenters. The quantitative estimate of drug-likeness (QED) is 0.763. The second-order valence-electron chi connectivity index (χ2n) is 6.36. The highest BCUT2D eigenvalue weighted by Gasteiger charge is 2.32. The van der Waals surface area contributed by atoms with Crippen LogP contribution < -0.4 is 5.32 Å². The minimum Gasteiger partial charge on any atom is -0.308 e. The summed E-state index contributed by atoms with van der Waals surface area (Å²) >= 11 is 0. The normalized spacial score (nSPS) is 26.1. The van der Waals surface area contributed by atoms with Crippen molar-refractivity contribution in [2.75, 3.05) is 20.1 Å². The number of likely N-dealkylation sites (N-methyl/N-ethyl adjacent to an activating group) is 1. The second-order valence-corrected chi connectivity index (χ2v) is 6.36. The van der Waals surface area contributed by atoms with E-state index in [9.17, 15) is 0 Å². The molecule has 2 atom stereocenters. The van der Waals surface area contributed by atoms with Gasteiger partial charge in [0.05, 0.1) is 12.2 Å². The van der Waals surface area contributed by atoms with Crippen LogP contribution in [0.1, 0.15) is 31.9 Å². The van der Waals surface area contributed by atoms with Crippen molar-refractivity contribution in [3.8, 4) is 0 Å². The Balaban J connectivity index is 1.36. The molecule has 5 nitrogen and oxygen atoms in total. The highest BCUT2D eigenvalue weighted by Crippen LogP contribution is 2.37. The third-order valence-corrected chi connectivity index (χ3v) is 4.27. The predicted molar refractivity (Wildman–Crippen MR) is 74.7 cm³/mol. The topological polar surface area (TPSA) is 46.0 Å². The molecule has 1 aromatic rings. The lowest BCUT2D eigenvalue weighted by molar-refractivity contribution is 0.295. The molecule has 2 fully saturated rings. The zero-order chi connectivity index (χ0) is 13.2. The Bertz CT molecular complexity index is 412. The molecule has 2 saturated carbocycles. The number of nitrogens with zero attached hydrogens (tertiary/aromatic N) is 4. The summed E-state index contributed by atoms with van der Waals surface area (Å²) in [5.74, 6) is 1.87. The summed E-state index contributed by atoms with van der Waals surface area (Å²) in [4.78, 5) is 2.41. The van der Waals surface area contributed by atoms with Crippen LogP contribution in [0.3, 0.4) is 0 Å². The van der Waals surface area contributed by atoms with Gasteiger partial charge in [0.15, 0.2) is 0 Å².